The number of hydrogen-bond donors (Lipinski definition) is 2. The summed E-state index contributed by atoms with van der Waals surface area (Å²) in [6, 6.07) is 1.98. The van der Waals surface area contributed by atoms with Crippen molar-refractivity contribution in [2.24, 2.45) is 5.92 Å². The first-order valence-corrected chi connectivity index (χ1v) is 8.07. The van der Waals surface area contributed by atoms with Gasteiger partial charge in [0.15, 0.2) is 0 Å². The Labute approximate surface area is 141 Å². The second kappa shape index (κ2) is 6.14. The van der Waals surface area contributed by atoms with E-state index in [1.807, 2.05) is 24.7 Å². The molecule has 3 heterocycles. The number of aromatic nitrogens is 4. The van der Waals surface area contributed by atoms with Crippen LogP contribution in [0.25, 0.3) is 22.0 Å². The lowest BCUT2D eigenvalue weighted by Gasteiger charge is -2.08. The van der Waals surface area contributed by atoms with Gasteiger partial charge in [-0.2, -0.15) is 5.10 Å². The van der Waals surface area contributed by atoms with E-state index in [4.69, 9.17) is 0 Å². The standard InChI is InChI=1S/C19H22N4O/c1-13(2)11-23-12-17(14-8-21-22-9-14)16-7-15(20-10-18(16)23)5-6-19(3,4)24/h7-10,12-13,24H,11H2,1-4H3,(H,21,22). The molecule has 3 rings (SSSR count). The van der Waals surface area contributed by atoms with Crippen molar-refractivity contribution in [2.75, 3.05) is 0 Å². The summed E-state index contributed by atoms with van der Waals surface area (Å²) in [4.78, 5) is 4.44. The third-order valence-corrected chi connectivity index (χ3v) is 3.64. The van der Waals surface area contributed by atoms with Crippen molar-refractivity contribution in [1.29, 1.82) is 0 Å². The third kappa shape index (κ3) is 3.50. The summed E-state index contributed by atoms with van der Waals surface area (Å²) in [6.45, 7) is 8.63. The Kier molecular flexibility index (Phi) is 4.16. The van der Waals surface area contributed by atoms with Gasteiger partial charge in [-0.25, -0.2) is 4.98 Å². The van der Waals surface area contributed by atoms with Crippen molar-refractivity contribution in [3.05, 3.63) is 36.5 Å². The molecule has 5 nitrogen and oxygen atoms in total. The van der Waals surface area contributed by atoms with E-state index in [2.05, 4.69) is 51.6 Å². The molecule has 0 aromatic carbocycles. The van der Waals surface area contributed by atoms with Crippen LogP contribution in [0.2, 0.25) is 0 Å². The summed E-state index contributed by atoms with van der Waals surface area (Å²) >= 11 is 0. The van der Waals surface area contributed by atoms with Crippen LogP contribution in [-0.4, -0.2) is 30.5 Å². The van der Waals surface area contributed by atoms with Gasteiger partial charge in [0.05, 0.1) is 17.9 Å². The van der Waals surface area contributed by atoms with Crippen molar-refractivity contribution < 1.29 is 5.11 Å². The number of rotatable bonds is 3. The SMILES string of the molecule is CC(C)Cn1cc(-c2cn[nH]c2)c2cc(C#CC(C)(C)O)ncc21. The van der Waals surface area contributed by atoms with Crippen LogP contribution in [0.1, 0.15) is 33.4 Å². The van der Waals surface area contributed by atoms with Crippen molar-refractivity contribution in [3.63, 3.8) is 0 Å². The molecule has 0 unspecified atom stereocenters. The average Bonchev–Trinajstić information content (AvgIpc) is 3.12. The fourth-order valence-electron chi connectivity index (χ4n) is 2.65. The second-order valence-corrected chi connectivity index (χ2v) is 6.97. The van der Waals surface area contributed by atoms with Crippen LogP contribution in [-0.2, 0) is 6.54 Å². The first-order valence-electron chi connectivity index (χ1n) is 8.07. The van der Waals surface area contributed by atoms with E-state index in [0.29, 0.717) is 11.6 Å². The minimum atomic E-state index is -1.03. The van der Waals surface area contributed by atoms with Gasteiger partial charge in [-0.15, -0.1) is 0 Å². The third-order valence-electron chi connectivity index (χ3n) is 3.64. The maximum atomic E-state index is 9.78. The molecule has 3 aromatic rings. The Morgan fingerprint density at radius 3 is 2.75 bits per heavy atom. The molecule has 0 aliphatic heterocycles. The predicted molar refractivity (Wildman–Crippen MR) is 95.3 cm³/mol. The monoisotopic (exact) mass is 322 g/mol. The van der Waals surface area contributed by atoms with Crippen LogP contribution in [0, 0.1) is 17.8 Å². The van der Waals surface area contributed by atoms with E-state index in [0.717, 1.165) is 28.6 Å². The van der Waals surface area contributed by atoms with Crippen LogP contribution in [0.3, 0.4) is 0 Å². The zero-order chi connectivity index (χ0) is 17.3. The van der Waals surface area contributed by atoms with Gasteiger partial charge in [-0.3, -0.25) is 5.10 Å². The molecule has 0 aliphatic rings. The van der Waals surface area contributed by atoms with Crippen LogP contribution in [0.15, 0.2) is 30.9 Å². The maximum Gasteiger partial charge on any atom is 0.120 e. The smallest absolute Gasteiger partial charge is 0.120 e. The van der Waals surface area contributed by atoms with Crippen molar-refractivity contribution in [1.82, 2.24) is 19.7 Å². The molecule has 0 spiro atoms. The van der Waals surface area contributed by atoms with Gasteiger partial charge < -0.3 is 9.67 Å². The lowest BCUT2D eigenvalue weighted by atomic mass is 10.1. The van der Waals surface area contributed by atoms with Crippen LogP contribution in [0.4, 0.5) is 0 Å². The number of hydrogen-bond acceptors (Lipinski definition) is 3. The molecule has 0 atom stereocenters. The number of nitrogens with zero attached hydrogens (tertiary/aromatic N) is 3. The Morgan fingerprint density at radius 1 is 1.33 bits per heavy atom. The van der Waals surface area contributed by atoms with Crippen molar-refractivity contribution >= 4 is 10.9 Å². The first kappa shape index (κ1) is 16.3. The summed E-state index contributed by atoms with van der Waals surface area (Å²) in [6.07, 6.45) is 7.70. The van der Waals surface area contributed by atoms with Crippen LogP contribution < -0.4 is 0 Å². The number of aliphatic hydroxyl groups is 1. The minimum absolute atomic E-state index is 0.535. The quantitative estimate of drug-likeness (QED) is 0.728. The van der Waals surface area contributed by atoms with Gasteiger partial charge in [-0.1, -0.05) is 19.8 Å². The van der Waals surface area contributed by atoms with Gasteiger partial charge >= 0.3 is 0 Å². The Morgan fingerprint density at radius 2 is 2.12 bits per heavy atom. The fourth-order valence-corrected chi connectivity index (χ4v) is 2.65. The summed E-state index contributed by atoms with van der Waals surface area (Å²) in [5.74, 6) is 6.30. The normalized spacial score (nSPS) is 11.8. The number of nitrogens with one attached hydrogen (secondary N) is 1. The van der Waals surface area contributed by atoms with E-state index in [-0.39, 0.29) is 0 Å². The number of fused-ring (bicyclic) bond motifs is 1. The fraction of sp³-hybridized carbons (Fsp3) is 0.368. The molecular weight excluding hydrogens is 300 g/mol. The van der Waals surface area contributed by atoms with Crippen molar-refractivity contribution in [2.45, 2.75) is 39.8 Å². The summed E-state index contributed by atoms with van der Waals surface area (Å²) < 4.78 is 2.22. The molecule has 3 aromatic heterocycles. The van der Waals surface area contributed by atoms with Crippen LogP contribution >= 0.6 is 0 Å². The Hall–Kier alpha value is -2.58. The number of aromatic amines is 1. The second-order valence-electron chi connectivity index (χ2n) is 6.97. The highest BCUT2D eigenvalue weighted by molar-refractivity contribution is 5.96. The van der Waals surface area contributed by atoms with E-state index >= 15 is 0 Å². The maximum absolute atomic E-state index is 9.78. The van der Waals surface area contributed by atoms with Gasteiger partial charge in [0.1, 0.15) is 11.3 Å². The highest BCUT2D eigenvalue weighted by Gasteiger charge is 2.13. The molecule has 0 saturated heterocycles. The first-order chi connectivity index (χ1) is 11.3. The zero-order valence-corrected chi connectivity index (χ0v) is 14.5. The predicted octanol–water partition coefficient (Wildman–Crippen LogP) is 3.20. The highest BCUT2D eigenvalue weighted by Crippen LogP contribution is 2.30. The molecule has 0 amide bonds. The topological polar surface area (TPSA) is 66.7 Å². The largest absolute Gasteiger partial charge is 0.378 e. The summed E-state index contributed by atoms with van der Waals surface area (Å²) in [5.41, 5.74) is 2.83. The molecule has 0 fully saturated rings. The van der Waals surface area contributed by atoms with Crippen molar-refractivity contribution in [3.8, 4) is 23.0 Å². The van der Waals surface area contributed by atoms with E-state index in [1.54, 1.807) is 13.8 Å². The lowest BCUT2D eigenvalue weighted by molar-refractivity contribution is 0.143. The molecule has 24 heavy (non-hydrogen) atoms. The van der Waals surface area contributed by atoms with Gasteiger partial charge in [0.25, 0.3) is 0 Å². The molecule has 0 aliphatic carbocycles. The Balaban J connectivity index is 2.15. The molecule has 0 saturated carbocycles. The van der Waals surface area contributed by atoms with E-state index in [1.165, 1.54) is 0 Å². The van der Waals surface area contributed by atoms with E-state index < -0.39 is 5.60 Å². The van der Waals surface area contributed by atoms with Gasteiger partial charge in [-0.05, 0) is 31.8 Å². The summed E-state index contributed by atoms with van der Waals surface area (Å²) in [5, 5.41) is 17.8. The molecule has 0 radical (unpaired) electrons. The number of pyridine rings is 1. The number of H-pyrrole nitrogens is 1. The van der Waals surface area contributed by atoms with Gasteiger partial charge in [0.2, 0.25) is 0 Å². The van der Waals surface area contributed by atoms with E-state index in [9.17, 15) is 5.11 Å². The summed E-state index contributed by atoms with van der Waals surface area (Å²) in [7, 11) is 0. The average molecular weight is 322 g/mol. The molecule has 5 heteroatoms. The highest BCUT2D eigenvalue weighted by atomic mass is 16.3. The molecule has 0 bridgehead atoms. The van der Waals surface area contributed by atoms with Gasteiger partial charge in [0, 0.05) is 35.5 Å². The molecular formula is C19H22N4O. The minimum Gasteiger partial charge on any atom is -0.378 e. The lowest BCUT2D eigenvalue weighted by Crippen LogP contribution is -2.14. The Bertz CT molecular complexity index is 903. The van der Waals surface area contributed by atoms with Crippen LogP contribution in [0.5, 0.6) is 0 Å². The zero-order valence-electron chi connectivity index (χ0n) is 14.5. The molecule has 2 N–H and O–H groups in total. The molecule has 124 valence electrons.